The van der Waals surface area contributed by atoms with Crippen LogP contribution in [0.5, 0.6) is 0 Å². The van der Waals surface area contributed by atoms with Gasteiger partial charge < -0.3 is 4.90 Å². The lowest BCUT2D eigenvalue weighted by atomic mass is 10.0. The van der Waals surface area contributed by atoms with Gasteiger partial charge in [-0.3, -0.25) is 9.89 Å². The average Bonchev–Trinajstić information content (AvgIpc) is 2.79. The van der Waals surface area contributed by atoms with Crippen molar-refractivity contribution in [1.82, 2.24) is 15.1 Å². The molecule has 1 N–H and O–H groups in total. The summed E-state index contributed by atoms with van der Waals surface area (Å²) in [6.07, 6.45) is -4.40. The van der Waals surface area contributed by atoms with Crippen molar-refractivity contribution in [1.29, 1.82) is 5.26 Å². The van der Waals surface area contributed by atoms with Gasteiger partial charge in [0.25, 0.3) is 0 Å². The van der Waals surface area contributed by atoms with E-state index in [4.69, 9.17) is 5.26 Å². The molecule has 0 saturated carbocycles. The van der Waals surface area contributed by atoms with Crippen LogP contribution in [0, 0.1) is 17.2 Å². The first kappa shape index (κ1) is 13.4. The topological polar surface area (TPSA) is 72.8 Å². The van der Waals surface area contributed by atoms with Gasteiger partial charge in [0, 0.05) is 12.1 Å². The van der Waals surface area contributed by atoms with E-state index in [1.807, 2.05) is 6.07 Å². The van der Waals surface area contributed by atoms with E-state index in [2.05, 4.69) is 10.2 Å². The van der Waals surface area contributed by atoms with Crippen molar-refractivity contribution in [3.63, 3.8) is 0 Å². The number of carbonyl (C=O) groups is 1. The second kappa shape index (κ2) is 4.57. The maximum absolute atomic E-state index is 12.6. The minimum absolute atomic E-state index is 0.0310. The van der Waals surface area contributed by atoms with Gasteiger partial charge >= 0.3 is 6.18 Å². The zero-order valence-corrected chi connectivity index (χ0v) is 10.1. The largest absolute Gasteiger partial charge is 0.435 e. The molecule has 1 aromatic rings. The highest BCUT2D eigenvalue weighted by Crippen LogP contribution is 2.33. The van der Waals surface area contributed by atoms with Crippen LogP contribution >= 0.6 is 0 Å². The van der Waals surface area contributed by atoms with Crippen LogP contribution in [-0.2, 0) is 23.9 Å². The molecule has 2 heterocycles. The number of nitriles is 1. The molecule has 1 aromatic heterocycles. The van der Waals surface area contributed by atoms with Gasteiger partial charge in [-0.1, -0.05) is 0 Å². The second-order valence-corrected chi connectivity index (χ2v) is 4.39. The maximum atomic E-state index is 12.6. The van der Waals surface area contributed by atoms with Crippen molar-refractivity contribution in [2.45, 2.75) is 26.1 Å². The Morgan fingerprint density at radius 1 is 1.58 bits per heavy atom. The quantitative estimate of drug-likeness (QED) is 0.841. The molecular formula is C11H11F3N4O. The van der Waals surface area contributed by atoms with Gasteiger partial charge in [0.05, 0.1) is 18.3 Å². The molecule has 0 fully saturated rings. The summed E-state index contributed by atoms with van der Waals surface area (Å²) in [7, 11) is 0. The fourth-order valence-corrected chi connectivity index (χ4v) is 2.07. The van der Waals surface area contributed by atoms with Crippen molar-refractivity contribution in [2.75, 3.05) is 6.54 Å². The first-order valence-electron chi connectivity index (χ1n) is 5.66. The summed E-state index contributed by atoms with van der Waals surface area (Å²) in [5.41, 5.74) is -0.513. The van der Waals surface area contributed by atoms with Gasteiger partial charge in [-0.2, -0.15) is 23.5 Å². The third-order valence-electron chi connectivity index (χ3n) is 3.08. The Morgan fingerprint density at radius 2 is 2.26 bits per heavy atom. The van der Waals surface area contributed by atoms with Crippen molar-refractivity contribution in [2.24, 2.45) is 5.92 Å². The molecule has 0 unspecified atom stereocenters. The number of nitrogens with zero attached hydrogens (tertiary/aromatic N) is 3. The van der Waals surface area contributed by atoms with Gasteiger partial charge in [-0.15, -0.1) is 0 Å². The van der Waals surface area contributed by atoms with Gasteiger partial charge in [0.2, 0.25) is 5.91 Å². The Kier molecular flexibility index (Phi) is 3.22. The molecule has 5 nitrogen and oxygen atoms in total. The van der Waals surface area contributed by atoms with Crippen LogP contribution in [-0.4, -0.2) is 27.5 Å². The molecule has 0 aliphatic carbocycles. The molecule has 2 rings (SSSR count). The molecule has 0 spiro atoms. The number of amides is 1. The Bertz CT molecular complexity index is 543. The highest BCUT2D eigenvalue weighted by Gasteiger charge is 2.39. The number of nitrogens with one attached hydrogen (secondary N) is 1. The summed E-state index contributed by atoms with van der Waals surface area (Å²) in [5.74, 6) is -1.18. The molecule has 1 aliphatic heterocycles. The van der Waals surface area contributed by atoms with E-state index in [-0.39, 0.29) is 36.7 Å². The van der Waals surface area contributed by atoms with Crippen LogP contribution in [0.4, 0.5) is 13.2 Å². The first-order valence-corrected chi connectivity index (χ1v) is 5.66. The summed E-state index contributed by atoms with van der Waals surface area (Å²) in [6, 6.07) is 1.82. The minimum atomic E-state index is -4.49. The monoisotopic (exact) mass is 272 g/mol. The van der Waals surface area contributed by atoms with Crippen LogP contribution in [0.1, 0.15) is 23.9 Å². The third-order valence-corrected chi connectivity index (χ3v) is 3.08. The molecule has 0 radical (unpaired) electrons. The number of aromatic nitrogens is 2. The maximum Gasteiger partial charge on any atom is 0.435 e. The van der Waals surface area contributed by atoms with Crippen molar-refractivity contribution >= 4 is 5.91 Å². The average molecular weight is 272 g/mol. The number of aromatic amines is 1. The van der Waals surface area contributed by atoms with Gasteiger partial charge in [0.1, 0.15) is 5.92 Å². The standard InChI is InChI=1S/C11H11F3N4O/c1-6(4-15)10(19)18-3-2-7-8(5-18)16-17-9(7)11(12,13)14/h6H,2-3,5H2,1H3,(H,16,17)/t6-/m0/s1. The number of carbonyl (C=O) groups excluding carboxylic acids is 1. The molecule has 0 saturated heterocycles. The van der Waals surface area contributed by atoms with E-state index < -0.39 is 17.8 Å². The Morgan fingerprint density at radius 3 is 2.84 bits per heavy atom. The normalized spacial score (nSPS) is 16.7. The number of halogens is 3. The first-order chi connectivity index (χ1) is 8.84. The van der Waals surface area contributed by atoms with E-state index in [0.29, 0.717) is 0 Å². The summed E-state index contributed by atoms with van der Waals surface area (Å²) < 4.78 is 37.9. The number of rotatable bonds is 1. The molecule has 102 valence electrons. The fraction of sp³-hybridized carbons (Fsp3) is 0.545. The van der Waals surface area contributed by atoms with Crippen molar-refractivity contribution < 1.29 is 18.0 Å². The van der Waals surface area contributed by atoms with Crippen LogP contribution < -0.4 is 0 Å². The van der Waals surface area contributed by atoms with E-state index in [9.17, 15) is 18.0 Å². The number of hydrogen-bond donors (Lipinski definition) is 1. The zero-order chi connectivity index (χ0) is 14.2. The molecule has 19 heavy (non-hydrogen) atoms. The highest BCUT2D eigenvalue weighted by molar-refractivity contribution is 5.81. The van der Waals surface area contributed by atoms with Crippen LogP contribution in [0.3, 0.4) is 0 Å². The molecule has 8 heteroatoms. The van der Waals surface area contributed by atoms with Gasteiger partial charge in [-0.25, -0.2) is 0 Å². The SMILES string of the molecule is C[C@@H](C#N)C(=O)N1CCc2c(C(F)(F)F)n[nH]c2C1. The number of H-pyrrole nitrogens is 1. The molecule has 1 atom stereocenters. The van der Waals surface area contributed by atoms with Crippen LogP contribution in [0.25, 0.3) is 0 Å². The van der Waals surface area contributed by atoms with Crippen LogP contribution in [0.2, 0.25) is 0 Å². The van der Waals surface area contributed by atoms with Crippen molar-refractivity contribution in [3.8, 4) is 6.07 Å². The summed E-state index contributed by atoms with van der Waals surface area (Å²) >= 11 is 0. The van der Waals surface area contributed by atoms with E-state index >= 15 is 0 Å². The summed E-state index contributed by atoms with van der Waals surface area (Å²) in [5, 5.41) is 14.3. The zero-order valence-electron chi connectivity index (χ0n) is 10.1. The molecular weight excluding hydrogens is 261 g/mol. The molecule has 0 bridgehead atoms. The minimum Gasteiger partial charge on any atom is -0.335 e. The fourth-order valence-electron chi connectivity index (χ4n) is 2.07. The van der Waals surface area contributed by atoms with Crippen LogP contribution in [0.15, 0.2) is 0 Å². The van der Waals surface area contributed by atoms with Crippen molar-refractivity contribution in [3.05, 3.63) is 17.0 Å². The Hall–Kier alpha value is -2.04. The van der Waals surface area contributed by atoms with E-state index in [1.54, 1.807) is 0 Å². The van der Waals surface area contributed by atoms with Gasteiger partial charge in [-0.05, 0) is 13.3 Å². The molecule has 1 amide bonds. The number of fused-ring (bicyclic) bond motifs is 1. The Balaban J connectivity index is 2.21. The smallest absolute Gasteiger partial charge is 0.335 e. The third kappa shape index (κ3) is 2.41. The highest BCUT2D eigenvalue weighted by atomic mass is 19.4. The lowest BCUT2D eigenvalue weighted by Gasteiger charge is -2.27. The predicted octanol–water partition coefficient (Wildman–Crippen LogP) is 1.47. The number of hydrogen-bond acceptors (Lipinski definition) is 3. The van der Waals surface area contributed by atoms with E-state index in [0.717, 1.165) is 0 Å². The molecule has 1 aliphatic rings. The molecule has 0 aromatic carbocycles. The second-order valence-electron chi connectivity index (χ2n) is 4.39. The van der Waals surface area contributed by atoms with Gasteiger partial charge in [0.15, 0.2) is 5.69 Å². The lowest BCUT2D eigenvalue weighted by molar-refractivity contribution is -0.141. The summed E-state index contributed by atoms with van der Waals surface area (Å²) in [6.45, 7) is 1.66. The predicted molar refractivity (Wildman–Crippen MR) is 57.5 cm³/mol. The van der Waals surface area contributed by atoms with E-state index in [1.165, 1.54) is 11.8 Å². The Labute approximate surface area is 107 Å². The number of alkyl halides is 3. The summed E-state index contributed by atoms with van der Waals surface area (Å²) in [4.78, 5) is 13.2. The lowest BCUT2D eigenvalue weighted by Crippen LogP contribution is -2.39.